The minimum absolute atomic E-state index is 0.156. The molecule has 1 amide bonds. The fraction of sp³-hybridized carbons (Fsp3) is 0.227. The highest BCUT2D eigenvalue weighted by atomic mass is 79.9. The number of cyclic esters (lactones) is 1. The highest BCUT2D eigenvalue weighted by Crippen LogP contribution is 2.36. The van der Waals surface area contributed by atoms with E-state index in [4.69, 9.17) is 9.47 Å². The Morgan fingerprint density at radius 1 is 1.20 bits per heavy atom. The van der Waals surface area contributed by atoms with Crippen LogP contribution in [0.15, 0.2) is 56.0 Å². The van der Waals surface area contributed by atoms with Crippen molar-refractivity contribution in [3.8, 4) is 5.75 Å². The van der Waals surface area contributed by atoms with E-state index in [0.717, 1.165) is 33.1 Å². The Hall–Kier alpha value is -2.45. The van der Waals surface area contributed by atoms with Gasteiger partial charge in [-0.1, -0.05) is 13.3 Å². The molecule has 156 valence electrons. The van der Waals surface area contributed by atoms with Gasteiger partial charge < -0.3 is 14.8 Å². The van der Waals surface area contributed by atoms with E-state index in [9.17, 15) is 9.59 Å². The van der Waals surface area contributed by atoms with Gasteiger partial charge in [0.15, 0.2) is 5.70 Å². The van der Waals surface area contributed by atoms with Crippen LogP contribution in [-0.4, -0.2) is 24.4 Å². The number of aliphatic imine (C=N–C) groups is 1. The van der Waals surface area contributed by atoms with Crippen molar-refractivity contribution in [1.29, 1.82) is 0 Å². The van der Waals surface area contributed by atoms with Gasteiger partial charge in [0.25, 0.3) is 0 Å². The Kier molecular flexibility index (Phi) is 7.44. The summed E-state index contributed by atoms with van der Waals surface area (Å²) in [6, 6.07) is 10.6. The van der Waals surface area contributed by atoms with Crippen LogP contribution in [0.25, 0.3) is 6.08 Å². The monoisotopic (exact) mass is 534 g/mol. The van der Waals surface area contributed by atoms with E-state index in [1.54, 1.807) is 30.3 Å². The van der Waals surface area contributed by atoms with E-state index in [0.29, 0.717) is 17.9 Å². The van der Waals surface area contributed by atoms with Crippen molar-refractivity contribution in [2.45, 2.75) is 26.7 Å². The van der Waals surface area contributed by atoms with Crippen molar-refractivity contribution in [3.63, 3.8) is 0 Å². The molecular formula is C22H20Br2N2O4. The lowest BCUT2D eigenvalue weighted by molar-refractivity contribution is -0.129. The van der Waals surface area contributed by atoms with Crippen LogP contribution in [-0.2, 0) is 14.3 Å². The zero-order valence-electron chi connectivity index (χ0n) is 16.5. The molecule has 0 aromatic heterocycles. The molecule has 2 aromatic carbocycles. The Balaban J connectivity index is 1.81. The molecule has 6 nitrogen and oxygen atoms in total. The number of esters is 1. The Morgan fingerprint density at radius 3 is 2.47 bits per heavy atom. The van der Waals surface area contributed by atoms with Gasteiger partial charge in [-0.25, -0.2) is 9.79 Å². The van der Waals surface area contributed by atoms with E-state index >= 15 is 0 Å². The van der Waals surface area contributed by atoms with Gasteiger partial charge in [-0.05, 0) is 86.3 Å². The van der Waals surface area contributed by atoms with Crippen molar-refractivity contribution in [3.05, 3.63) is 62.2 Å². The molecule has 0 radical (unpaired) electrons. The number of hydrogen-bond acceptors (Lipinski definition) is 5. The van der Waals surface area contributed by atoms with E-state index in [1.807, 2.05) is 12.1 Å². The molecule has 0 aliphatic carbocycles. The molecule has 0 saturated heterocycles. The molecule has 8 heteroatoms. The van der Waals surface area contributed by atoms with Gasteiger partial charge >= 0.3 is 5.97 Å². The smallest absolute Gasteiger partial charge is 0.363 e. The third kappa shape index (κ3) is 5.58. The highest BCUT2D eigenvalue weighted by Gasteiger charge is 2.24. The van der Waals surface area contributed by atoms with E-state index in [2.05, 4.69) is 49.1 Å². The topological polar surface area (TPSA) is 77.0 Å². The number of ether oxygens (including phenoxy) is 2. The lowest BCUT2D eigenvalue weighted by Crippen LogP contribution is -2.07. The number of carbonyl (C=O) groups is 2. The number of unbranched alkanes of at least 4 members (excludes halogenated alkanes) is 1. The number of benzene rings is 2. The van der Waals surface area contributed by atoms with E-state index in [1.165, 1.54) is 6.92 Å². The lowest BCUT2D eigenvalue weighted by Gasteiger charge is -2.11. The summed E-state index contributed by atoms with van der Waals surface area (Å²) in [7, 11) is 0. The maximum absolute atomic E-state index is 12.3. The summed E-state index contributed by atoms with van der Waals surface area (Å²) in [5.74, 6) is 0.268. The maximum Gasteiger partial charge on any atom is 0.363 e. The second-order valence-corrected chi connectivity index (χ2v) is 8.32. The van der Waals surface area contributed by atoms with Gasteiger partial charge in [-0.2, -0.15) is 0 Å². The molecule has 30 heavy (non-hydrogen) atoms. The molecule has 0 bridgehead atoms. The third-order valence-corrected chi connectivity index (χ3v) is 5.32. The van der Waals surface area contributed by atoms with Crippen molar-refractivity contribution in [2.75, 3.05) is 11.9 Å². The van der Waals surface area contributed by atoms with Crippen molar-refractivity contribution in [2.24, 2.45) is 4.99 Å². The molecule has 0 saturated carbocycles. The average molecular weight is 536 g/mol. The molecule has 0 spiro atoms. The fourth-order valence-corrected chi connectivity index (χ4v) is 4.16. The zero-order valence-corrected chi connectivity index (χ0v) is 19.7. The summed E-state index contributed by atoms with van der Waals surface area (Å²) in [5, 5.41) is 2.69. The highest BCUT2D eigenvalue weighted by molar-refractivity contribution is 9.11. The number of nitrogens with zero attached hydrogens (tertiary/aromatic N) is 1. The minimum Gasteiger partial charge on any atom is -0.491 e. The number of carbonyl (C=O) groups excluding carboxylic acids is 2. The second-order valence-electron chi connectivity index (χ2n) is 6.61. The number of amides is 1. The summed E-state index contributed by atoms with van der Waals surface area (Å²) < 4.78 is 12.7. The summed E-state index contributed by atoms with van der Waals surface area (Å²) in [6.07, 6.45) is 3.68. The number of nitrogens with one attached hydrogen (secondary N) is 1. The first-order chi connectivity index (χ1) is 14.4. The van der Waals surface area contributed by atoms with Gasteiger partial charge in [0.05, 0.1) is 15.6 Å². The number of hydrogen-bond donors (Lipinski definition) is 1. The van der Waals surface area contributed by atoms with Gasteiger partial charge in [0, 0.05) is 18.2 Å². The maximum atomic E-state index is 12.3. The van der Waals surface area contributed by atoms with Crippen LogP contribution >= 0.6 is 31.9 Å². The molecule has 0 unspecified atom stereocenters. The van der Waals surface area contributed by atoms with Crippen molar-refractivity contribution >= 4 is 61.4 Å². The number of halogens is 2. The first-order valence-corrected chi connectivity index (χ1v) is 11.0. The van der Waals surface area contributed by atoms with Gasteiger partial charge in [0.2, 0.25) is 11.8 Å². The molecule has 1 aliphatic rings. The van der Waals surface area contributed by atoms with Gasteiger partial charge in [-0.15, -0.1) is 0 Å². The lowest BCUT2D eigenvalue weighted by atomic mass is 10.2. The molecular weight excluding hydrogens is 516 g/mol. The second kappa shape index (κ2) is 10.0. The Morgan fingerprint density at radius 2 is 1.87 bits per heavy atom. The van der Waals surface area contributed by atoms with Crippen LogP contribution in [0.4, 0.5) is 5.69 Å². The van der Waals surface area contributed by atoms with Crippen LogP contribution in [0.2, 0.25) is 0 Å². The molecule has 0 fully saturated rings. The molecule has 1 aliphatic heterocycles. The summed E-state index contributed by atoms with van der Waals surface area (Å²) >= 11 is 7.04. The SMILES string of the molecule is CCCCOc1c(Br)cc(/C=C2\N=C(c3ccc(NC(C)=O)cc3)OC2=O)cc1Br. The molecule has 2 aromatic rings. The van der Waals surface area contributed by atoms with Crippen molar-refractivity contribution < 1.29 is 19.1 Å². The van der Waals surface area contributed by atoms with Gasteiger partial charge in [-0.3, -0.25) is 4.79 Å². The predicted molar refractivity (Wildman–Crippen MR) is 124 cm³/mol. The van der Waals surface area contributed by atoms with Crippen LogP contribution in [0, 0.1) is 0 Å². The molecule has 1 heterocycles. The molecule has 1 N–H and O–H groups in total. The van der Waals surface area contributed by atoms with E-state index < -0.39 is 5.97 Å². The quantitative estimate of drug-likeness (QED) is 0.280. The number of rotatable bonds is 7. The Bertz CT molecular complexity index is 1010. The zero-order chi connectivity index (χ0) is 21.7. The summed E-state index contributed by atoms with van der Waals surface area (Å²) in [5.41, 5.74) is 2.27. The number of anilines is 1. The third-order valence-electron chi connectivity index (χ3n) is 4.14. The first-order valence-electron chi connectivity index (χ1n) is 9.39. The predicted octanol–water partition coefficient (Wildman–Crippen LogP) is 5.69. The minimum atomic E-state index is -0.522. The molecule has 3 rings (SSSR count). The fourth-order valence-electron chi connectivity index (χ4n) is 2.71. The van der Waals surface area contributed by atoms with Gasteiger partial charge in [0.1, 0.15) is 5.75 Å². The first kappa shape index (κ1) is 22.2. The standard InChI is InChI=1S/C22H20Br2N2O4/c1-3-4-9-29-20-17(23)10-14(11-18(20)24)12-19-22(28)30-21(26-19)15-5-7-16(8-6-15)25-13(2)27/h5-8,10-12H,3-4,9H2,1-2H3,(H,25,27)/b19-12-. The van der Waals surface area contributed by atoms with Crippen LogP contribution < -0.4 is 10.1 Å². The largest absolute Gasteiger partial charge is 0.491 e. The summed E-state index contributed by atoms with van der Waals surface area (Å²) in [4.78, 5) is 27.7. The van der Waals surface area contributed by atoms with Crippen LogP contribution in [0.1, 0.15) is 37.8 Å². The van der Waals surface area contributed by atoms with E-state index in [-0.39, 0.29) is 17.5 Å². The molecule has 0 atom stereocenters. The van der Waals surface area contributed by atoms with Crippen LogP contribution in [0.5, 0.6) is 5.75 Å². The van der Waals surface area contributed by atoms with Crippen molar-refractivity contribution in [1.82, 2.24) is 0 Å². The Labute approximate surface area is 191 Å². The summed E-state index contributed by atoms with van der Waals surface area (Å²) in [6.45, 7) is 4.18. The van der Waals surface area contributed by atoms with Crippen LogP contribution in [0.3, 0.4) is 0 Å². The average Bonchev–Trinajstić information content (AvgIpc) is 3.04. The normalized spacial score (nSPS) is 14.5.